The van der Waals surface area contributed by atoms with Crippen LogP contribution in [0.3, 0.4) is 0 Å². The monoisotopic (exact) mass is 370 g/mol. The van der Waals surface area contributed by atoms with Crippen molar-refractivity contribution in [2.45, 2.75) is 6.42 Å². The van der Waals surface area contributed by atoms with Crippen molar-refractivity contribution >= 4 is 23.0 Å². The summed E-state index contributed by atoms with van der Waals surface area (Å²) in [6, 6.07) is 12.6. The SMILES string of the molecule is O=C(Cc1ccccc1[N+](=O)[O-])N1CCN(c2ccc([N+](=O)[O-])cc2)CC1. The zero-order valence-electron chi connectivity index (χ0n) is 14.5. The maximum Gasteiger partial charge on any atom is 0.273 e. The Labute approximate surface area is 155 Å². The minimum atomic E-state index is -0.477. The molecule has 0 N–H and O–H groups in total. The Morgan fingerprint density at radius 2 is 1.52 bits per heavy atom. The molecule has 0 aliphatic carbocycles. The van der Waals surface area contributed by atoms with Gasteiger partial charge in [-0.3, -0.25) is 25.0 Å². The van der Waals surface area contributed by atoms with Crippen molar-refractivity contribution in [2.24, 2.45) is 0 Å². The molecule has 0 spiro atoms. The van der Waals surface area contributed by atoms with Gasteiger partial charge < -0.3 is 9.80 Å². The van der Waals surface area contributed by atoms with Gasteiger partial charge in [0.25, 0.3) is 11.4 Å². The molecule has 2 aromatic carbocycles. The molecular formula is C18H18N4O5. The minimum Gasteiger partial charge on any atom is -0.368 e. The third-order valence-electron chi connectivity index (χ3n) is 4.59. The normalized spacial score (nSPS) is 14.1. The first kappa shape index (κ1) is 18.3. The Bertz CT molecular complexity index is 860. The van der Waals surface area contributed by atoms with Gasteiger partial charge in [-0.2, -0.15) is 0 Å². The van der Waals surface area contributed by atoms with E-state index in [9.17, 15) is 25.0 Å². The number of benzene rings is 2. The van der Waals surface area contributed by atoms with Crippen LogP contribution in [0.15, 0.2) is 48.5 Å². The van der Waals surface area contributed by atoms with Gasteiger partial charge in [0.05, 0.1) is 16.3 Å². The van der Waals surface area contributed by atoms with E-state index in [1.165, 1.54) is 18.2 Å². The van der Waals surface area contributed by atoms with E-state index in [1.54, 1.807) is 35.2 Å². The molecule has 1 aliphatic rings. The van der Waals surface area contributed by atoms with Crippen LogP contribution in [0.2, 0.25) is 0 Å². The molecule has 1 amide bonds. The molecular weight excluding hydrogens is 352 g/mol. The number of anilines is 1. The predicted molar refractivity (Wildman–Crippen MR) is 98.7 cm³/mol. The fourth-order valence-electron chi connectivity index (χ4n) is 3.11. The minimum absolute atomic E-state index is 0.00527. The van der Waals surface area contributed by atoms with Gasteiger partial charge in [-0.15, -0.1) is 0 Å². The zero-order chi connectivity index (χ0) is 19.4. The van der Waals surface area contributed by atoms with Crippen molar-refractivity contribution in [3.8, 4) is 0 Å². The molecule has 140 valence electrons. The van der Waals surface area contributed by atoms with Crippen molar-refractivity contribution in [2.75, 3.05) is 31.1 Å². The van der Waals surface area contributed by atoms with E-state index in [0.717, 1.165) is 5.69 Å². The Balaban J connectivity index is 1.60. The molecule has 0 aromatic heterocycles. The number of para-hydroxylation sites is 1. The highest BCUT2D eigenvalue weighted by atomic mass is 16.6. The highest BCUT2D eigenvalue weighted by Gasteiger charge is 2.24. The summed E-state index contributed by atoms with van der Waals surface area (Å²) >= 11 is 0. The van der Waals surface area contributed by atoms with Crippen LogP contribution in [0.25, 0.3) is 0 Å². The van der Waals surface area contributed by atoms with Crippen molar-refractivity contribution in [3.05, 3.63) is 74.3 Å². The average Bonchev–Trinajstić information content (AvgIpc) is 2.68. The van der Waals surface area contributed by atoms with E-state index >= 15 is 0 Å². The van der Waals surface area contributed by atoms with Crippen LogP contribution < -0.4 is 4.90 Å². The van der Waals surface area contributed by atoms with E-state index in [2.05, 4.69) is 4.90 Å². The maximum atomic E-state index is 12.5. The van der Waals surface area contributed by atoms with Crippen LogP contribution in [0.1, 0.15) is 5.56 Å². The van der Waals surface area contributed by atoms with E-state index in [0.29, 0.717) is 31.7 Å². The number of carbonyl (C=O) groups excluding carboxylic acids is 1. The Morgan fingerprint density at radius 1 is 0.889 bits per heavy atom. The van der Waals surface area contributed by atoms with Gasteiger partial charge >= 0.3 is 0 Å². The third kappa shape index (κ3) is 4.20. The number of nitrogens with zero attached hydrogens (tertiary/aromatic N) is 4. The summed E-state index contributed by atoms with van der Waals surface area (Å²) in [5.41, 5.74) is 1.27. The molecule has 2 aromatic rings. The largest absolute Gasteiger partial charge is 0.368 e. The topological polar surface area (TPSA) is 110 Å². The quantitative estimate of drug-likeness (QED) is 0.590. The van der Waals surface area contributed by atoms with Crippen molar-refractivity contribution in [1.82, 2.24) is 4.90 Å². The first-order chi connectivity index (χ1) is 13.0. The Morgan fingerprint density at radius 3 is 2.11 bits per heavy atom. The molecule has 27 heavy (non-hydrogen) atoms. The lowest BCUT2D eigenvalue weighted by molar-refractivity contribution is -0.385. The predicted octanol–water partition coefficient (Wildman–Crippen LogP) is 2.39. The molecule has 3 rings (SSSR count). The van der Waals surface area contributed by atoms with Crippen LogP contribution in [-0.2, 0) is 11.2 Å². The zero-order valence-corrected chi connectivity index (χ0v) is 14.5. The highest BCUT2D eigenvalue weighted by molar-refractivity contribution is 5.80. The number of carbonyl (C=O) groups is 1. The molecule has 0 saturated carbocycles. The van der Waals surface area contributed by atoms with Gasteiger partial charge in [-0.05, 0) is 12.1 Å². The number of amides is 1. The second-order valence-electron chi connectivity index (χ2n) is 6.20. The number of nitro benzene ring substituents is 2. The van der Waals surface area contributed by atoms with Crippen LogP contribution in [0.5, 0.6) is 0 Å². The van der Waals surface area contributed by atoms with E-state index in [4.69, 9.17) is 0 Å². The summed E-state index contributed by atoms with van der Waals surface area (Å²) in [7, 11) is 0. The van der Waals surface area contributed by atoms with E-state index in [-0.39, 0.29) is 23.7 Å². The molecule has 1 fully saturated rings. The number of hydrogen-bond acceptors (Lipinski definition) is 6. The average molecular weight is 370 g/mol. The number of piperazine rings is 1. The molecule has 1 saturated heterocycles. The lowest BCUT2D eigenvalue weighted by Crippen LogP contribution is -2.49. The molecule has 0 unspecified atom stereocenters. The highest BCUT2D eigenvalue weighted by Crippen LogP contribution is 2.22. The molecule has 0 radical (unpaired) electrons. The number of non-ortho nitro benzene ring substituents is 1. The smallest absolute Gasteiger partial charge is 0.273 e. The first-order valence-electron chi connectivity index (χ1n) is 8.45. The van der Waals surface area contributed by atoms with Gasteiger partial charge in [0.2, 0.25) is 5.91 Å². The van der Waals surface area contributed by atoms with Gasteiger partial charge in [-0.25, -0.2) is 0 Å². The fraction of sp³-hybridized carbons (Fsp3) is 0.278. The van der Waals surface area contributed by atoms with E-state index in [1.807, 2.05) is 0 Å². The third-order valence-corrected chi connectivity index (χ3v) is 4.59. The second kappa shape index (κ2) is 7.81. The number of nitro groups is 2. The summed E-state index contributed by atoms with van der Waals surface area (Å²) in [4.78, 5) is 37.1. The summed E-state index contributed by atoms with van der Waals surface area (Å²) in [5.74, 6) is -0.146. The first-order valence-corrected chi connectivity index (χ1v) is 8.45. The number of hydrogen-bond donors (Lipinski definition) is 0. The van der Waals surface area contributed by atoms with Gasteiger partial charge in [0.15, 0.2) is 0 Å². The van der Waals surface area contributed by atoms with Crippen molar-refractivity contribution < 1.29 is 14.6 Å². The van der Waals surface area contributed by atoms with E-state index < -0.39 is 9.85 Å². The number of rotatable bonds is 5. The summed E-state index contributed by atoms with van der Waals surface area (Å²) in [6.45, 7) is 2.19. The van der Waals surface area contributed by atoms with Crippen LogP contribution in [0.4, 0.5) is 17.1 Å². The Kier molecular flexibility index (Phi) is 5.30. The lowest BCUT2D eigenvalue weighted by atomic mass is 10.1. The van der Waals surface area contributed by atoms with Gasteiger partial charge in [0.1, 0.15) is 0 Å². The Hall–Kier alpha value is -3.49. The molecule has 9 heteroatoms. The molecule has 0 atom stereocenters. The van der Waals surface area contributed by atoms with Crippen LogP contribution in [0, 0.1) is 20.2 Å². The van der Waals surface area contributed by atoms with Crippen LogP contribution >= 0.6 is 0 Å². The molecule has 1 aliphatic heterocycles. The molecule has 0 bridgehead atoms. The van der Waals surface area contributed by atoms with Gasteiger partial charge in [-0.1, -0.05) is 18.2 Å². The standard InChI is InChI=1S/C18H18N4O5/c23-18(13-14-3-1-2-4-17(14)22(26)27)20-11-9-19(10-12-20)15-5-7-16(8-6-15)21(24)25/h1-8H,9-13H2. The molecule has 9 nitrogen and oxygen atoms in total. The lowest BCUT2D eigenvalue weighted by Gasteiger charge is -2.36. The van der Waals surface area contributed by atoms with Crippen molar-refractivity contribution in [1.29, 1.82) is 0 Å². The summed E-state index contributed by atoms with van der Waals surface area (Å²) in [5, 5.41) is 21.8. The van der Waals surface area contributed by atoms with Crippen LogP contribution in [-0.4, -0.2) is 46.8 Å². The summed E-state index contributed by atoms with van der Waals surface area (Å²) < 4.78 is 0. The summed E-state index contributed by atoms with van der Waals surface area (Å²) in [6.07, 6.45) is -0.00527. The molecule has 1 heterocycles. The van der Waals surface area contributed by atoms with Crippen molar-refractivity contribution in [3.63, 3.8) is 0 Å². The second-order valence-corrected chi connectivity index (χ2v) is 6.20. The fourth-order valence-corrected chi connectivity index (χ4v) is 3.11. The maximum absolute atomic E-state index is 12.5. The van der Waals surface area contributed by atoms with Gasteiger partial charge in [0, 0.05) is 55.6 Å².